The number of carbonyl (C=O) groups is 1. The highest BCUT2D eigenvalue weighted by Gasteiger charge is 2.27. The molecule has 3 rings (SSSR count). The summed E-state index contributed by atoms with van der Waals surface area (Å²) in [5.41, 5.74) is 7.23. The Morgan fingerprint density at radius 3 is 2.50 bits per heavy atom. The molecule has 0 unspecified atom stereocenters. The zero-order chi connectivity index (χ0) is 23.3. The van der Waals surface area contributed by atoms with Gasteiger partial charge in [0, 0.05) is 17.7 Å². The third-order valence-corrected chi connectivity index (χ3v) is 6.51. The van der Waals surface area contributed by atoms with Crippen LogP contribution in [0.3, 0.4) is 0 Å². The van der Waals surface area contributed by atoms with Crippen LogP contribution in [-0.2, 0) is 21.1 Å². The first-order valence-corrected chi connectivity index (χ1v) is 11.0. The lowest BCUT2D eigenvalue weighted by atomic mass is 9.94. The van der Waals surface area contributed by atoms with E-state index >= 15 is 4.39 Å². The minimum absolute atomic E-state index is 0.0267. The average molecular weight is 456 g/mol. The van der Waals surface area contributed by atoms with Gasteiger partial charge in [-0.15, -0.1) is 0 Å². The maximum absolute atomic E-state index is 15.3. The third kappa shape index (κ3) is 4.70. The summed E-state index contributed by atoms with van der Waals surface area (Å²) in [5, 5.41) is 15.1. The number of aliphatic carboxylic acids is 1. The van der Waals surface area contributed by atoms with Gasteiger partial charge in [0.05, 0.1) is 10.6 Å². The summed E-state index contributed by atoms with van der Waals surface area (Å²) < 4.78 is 41.9. The van der Waals surface area contributed by atoms with Crippen molar-refractivity contribution in [3.05, 3.63) is 72.0 Å². The van der Waals surface area contributed by atoms with Crippen LogP contribution in [0.4, 0.5) is 15.8 Å². The second-order valence-corrected chi connectivity index (χ2v) is 8.77. The number of carboxylic acids is 1. The lowest BCUT2D eigenvalue weighted by molar-refractivity contribution is -0.136. The van der Waals surface area contributed by atoms with Crippen LogP contribution in [0.5, 0.6) is 0 Å². The van der Waals surface area contributed by atoms with Crippen molar-refractivity contribution in [2.24, 2.45) is 10.9 Å². The van der Waals surface area contributed by atoms with E-state index in [-0.39, 0.29) is 29.0 Å². The molecule has 3 aromatic carbocycles. The van der Waals surface area contributed by atoms with Crippen LogP contribution in [0.2, 0.25) is 0 Å². The van der Waals surface area contributed by atoms with Crippen LogP contribution >= 0.6 is 0 Å². The number of rotatable bonds is 8. The number of aryl methyl sites for hydroxylation is 1. The number of hydrazone groups is 1. The number of halogens is 1. The minimum atomic E-state index is -4.32. The predicted molar refractivity (Wildman–Crippen MR) is 120 cm³/mol. The average Bonchev–Trinajstić information content (AvgIpc) is 2.78. The van der Waals surface area contributed by atoms with E-state index in [0.717, 1.165) is 6.07 Å². The lowest BCUT2D eigenvalue weighted by Gasteiger charge is -2.17. The predicted octanol–water partition coefficient (Wildman–Crippen LogP) is 3.24. The zero-order valence-electron chi connectivity index (χ0n) is 16.8. The molecular formula is C22H21FN4O4S. The fraction of sp³-hybridized carbons (Fsp3) is 0.0909. The molecule has 0 aliphatic carbocycles. The number of carboxylic acid groups (broad SMARTS) is 1. The van der Waals surface area contributed by atoms with Gasteiger partial charge in [-0.1, -0.05) is 36.4 Å². The summed E-state index contributed by atoms with van der Waals surface area (Å²) in [7, 11) is -4.32. The Hall–Kier alpha value is -3.92. The number of nitrogens with zero attached hydrogens (tertiary/aromatic N) is 1. The van der Waals surface area contributed by atoms with E-state index in [1.807, 2.05) is 0 Å². The minimum Gasteiger partial charge on any atom is -0.481 e. The van der Waals surface area contributed by atoms with E-state index in [1.54, 1.807) is 36.4 Å². The molecule has 0 heterocycles. The summed E-state index contributed by atoms with van der Waals surface area (Å²) in [5.74, 6) is 2.87. The van der Waals surface area contributed by atoms with Crippen molar-refractivity contribution in [3.63, 3.8) is 0 Å². The van der Waals surface area contributed by atoms with E-state index in [0.29, 0.717) is 16.8 Å². The van der Waals surface area contributed by atoms with Gasteiger partial charge < -0.3 is 22.0 Å². The Morgan fingerprint density at radius 2 is 1.84 bits per heavy atom. The molecule has 0 amide bonds. The van der Waals surface area contributed by atoms with Crippen LogP contribution < -0.4 is 16.9 Å². The molecule has 0 aliphatic rings. The second-order valence-electron chi connectivity index (χ2n) is 6.85. The summed E-state index contributed by atoms with van der Waals surface area (Å²) in [6.07, 6.45) is 0.867. The van der Waals surface area contributed by atoms with E-state index in [9.17, 15) is 13.2 Å². The van der Waals surface area contributed by atoms with Crippen molar-refractivity contribution in [3.8, 4) is 11.1 Å². The quantitative estimate of drug-likeness (QED) is 0.134. The molecule has 3 aromatic rings. The highest BCUT2D eigenvalue weighted by Crippen LogP contribution is 2.38. The van der Waals surface area contributed by atoms with Gasteiger partial charge in [-0.25, -0.2) is 12.8 Å². The largest absolute Gasteiger partial charge is 0.481 e. The molecule has 0 radical (unpaired) electrons. The van der Waals surface area contributed by atoms with Gasteiger partial charge in [-0.05, 0) is 41.8 Å². The van der Waals surface area contributed by atoms with Crippen molar-refractivity contribution in [1.82, 2.24) is 0 Å². The summed E-state index contributed by atoms with van der Waals surface area (Å²) in [6.45, 7) is 0. The number of anilines is 2. The Kier molecular flexibility index (Phi) is 6.74. The molecule has 6 N–H and O–H groups in total. The topological polar surface area (TPSA) is 148 Å². The molecule has 8 nitrogen and oxygen atoms in total. The molecule has 166 valence electrons. The molecule has 32 heavy (non-hydrogen) atoms. The maximum atomic E-state index is 15.3. The number of benzene rings is 3. The normalized spacial score (nSPS) is 11.5. The Bertz CT molecular complexity index is 1280. The molecule has 0 aliphatic heterocycles. The molecule has 0 aromatic heterocycles. The van der Waals surface area contributed by atoms with Crippen molar-refractivity contribution in [2.45, 2.75) is 22.6 Å². The highest BCUT2D eigenvalue weighted by atomic mass is 32.2. The van der Waals surface area contributed by atoms with Gasteiger partial charge in [-0.3, -0.25) is 4.79 Å². The summed E-state index contributed by atoms with van der Waals surface area (Å²) in [6, 6.07) is 15.4. The van der Waals surface area contributed by atoms with Gasteiger partial charge in [0.2, 0.25) is 9.84 Å². The first kappa shape index (κ1) is 22.8. The second kappa shape index (κ2) is 9.48. The first-order chi connectivity index (χ1) is 15.3. The third-order valence-electron chi connectivity index (χ3n) is 4.76. The van der Waals surface area contributed by atoms with Crippen molar-refractivity contribution in [2.75, 3.05) is 11.1 Å². The van der Waals surface area contributed by atoms with E-state index < -0.39 is 26.5 Å². The van der Waals surface area contributed by atoms with Gasteiger partial charge in [0.25, 0.3) is 0 Å². The fourth-order valence-electron chi connectivity index (χ4n) is 3.28. The van der Waals surface area contributed by atoms with Gasteiger partial charge >= 0.3 is 5.97 Å². The van der Waals surface area contributed by atoms with Crippen LogP contribution in [-0.4, -0.2) is 25.8 Å². The fourth-order valence-corrected chi connectivity index (χ4v) is 4.72. The van der Waals surface area contributed by atoms with Crippen LogP contribution in [0, 0.1) is 5.82 Å². The molecule has 0 spiro atoms. The van der Waals surface area contributed by atoms with Gasteiger partial charge in [0.1, 0.15) is 11.2 Å². The Balaban J connectivity index is 2.19. The van der Waals surface area contributed by atoms with Crippen molar-refractivity contribution in [1.29, 1.82) is 0 Å². The first-order valence-electron chi connectivity index (χ1n) is 9.47. The van der Waals surface area contributed by atoms with Gasteiger partial charge in [-0.2, -0.15) is 5.10 Å². The molecule has 0 bridgehead atoms. The smallest absolute Gasteiger partial charge is 0.303 e. The Labute approximate surface area is 184 Å². The highest BCUT2D eigenvalue weighted by molar-refractivity contribution is 7.91. The summed E-state index contributed by atoms with van der Waals surface area (Å²) in [4.78, 5) is 10.3. The van der Waals surface area contributed by atoms with Crippen molar-refractivity contribution < 1.29 is 22.7 Å². The van der Waals surface area contributed by atoms with Crippen LogP contribution in [0.1, 0.15) is 12.0 Å². The maximum Gasteiger partial charge on any atom is 0.303 e. The zero-order valence-corrected chi connectivity index (χ0v) is 17.6. The van der Waals surface area contributed by atoms with E-state index in [2.05, 4.69) is 10.4 Å². The van der Waals surface area contributed by atoms with Crippen LogP contribution in [0.25, 0.3) is 11.1 Å². The van der Waals surface area contributed by atoms with E-state index in [4.69, 9.17) is 16.7 Å². The number of hydrogen-bond acceptors (Lipinski definition) is 6. The monoisotopic (exact) mass is 456 g/mol. The molecular weight excluding hydrogens is 435 g/mol. The lowest BCUT2D eigenvalue weighted by Crippen LogP contribution is -2.11. The van der Waals surface area contributed by atoms with Crippen LogP contribution in [0.15, 0.2) is 75.6 Å². The molecule has 0 saturated heterocycles. The molecule has 0 atom stereocenters. The van der Waals surface area contributed by atoms with Crippen molar-refractivity contribution >= 4 is 33.5 Å². The molecule has 0 saturated carbocycles. The SMILES string of the molecule is NN=CNc1cccc(S(=O)(=O)c2cc(CCC(=O)O)c(-c3ccccc3)c(N)c2F)c1. The molecule has 10 heteroatoms. The Morgan fingerprint density at radius 1 is 1.12 bits per heavy atom. The number of nitrogens with one attached hydrogen (secondary N) is 1. The number of sulfone groups is 1. The van der Waals surface area contributed by atoms with E-state index in [1.165, 1.54) is 24.5 Å². The number of nitrogens with two attached hydrogens (primary N) is 2. The number of hydrogen-bond donors (Lipinski definition) is 4. The number of nitrogen functional groups attached to an aromatic ring is 1. The summed E-state index contributed by atoms with van der Waals surface area (Å²) >= 11 is 0. The standard InChI is InChI=1S/C22H21FN4O4S/c23-21-18(32(30,31)17-8-4-7-16(12-17)26-13-27-25)11-15(9-10-19(28)29)20(22(21)24)14-5-2-1-3-6-14/h1-8,11-13H,9-10,24-25H2,(H,26,27)(H,28,29). The van der Waals surface area contributed by atoms with Gasteiger partial charge in [0.15, 0.2) is 5.82 Å². The molecule has 0 fully saturated rings.